The van der Waals surface area contributed by atoms with Crippen LogP contribution in [-0.4, -0.2) is 35.0 Å². The van der Waals surface area contributed by atoms with E-state index < -0.39 is 13.0 Å². The van der Waals surface area contributed by atoms with Crippen molar-refractivity contribution in [3.63, 3.8) is 0 Å². The van der Waals surface area contributed by atoms with Gasteiger partial charge in [0.1, 0.15) is 17.7 Å². The Balaban J connectivity index is 1.50. The molecule has 6 rings (SSSR count). The Morgan fingerprint density at radius 1 is 0.714 bits per heavy atom. The third kappa shape index (κ3) is 6.46. The van der Waals surface area contributed by atoms with Crippen LogP contribution in [0.5, 0.6) is 0 Å². The van der Waals surface area contributed by atoms with Gasteiger partial charge in [-0.3, -0.25) is 4.57 Å². The van der Waals surface area contributed by atoms with E-state index in [9.17, 15) is 0 Å². The lowest BCUT2D eigenvalue weighted by atomic mass is 9.80. The van der Waals surface area contributed by atoms with Crippen molar-refractivity contribution in [2.24, 2.45) is 4.99 Å². The van der Waals surface area contributed by atoms with Crippen molar-refractivity contribution in [1.82, 2.24) is 0 Å². The van der Waals surface area contributed by atoms with E-state index in [1.165, 1.54) is 24.0 Å². The summed E-state index contributed by atoms with van der Waals surface area (Å²) in [6.07, 6.45) is 12.2. The molecule has 2 atom stereocenters. The van der Waals surface area contributed by atoms with Crippen LogP contribution in [0.4, 0.5) is 0 Å². The SMILES string of the molecule is C[C@H]1OC(c2ccccc2)=N[C@@H]1C(Cc1ccccc1)(Cc1ccccc1)OP(=O)(C1CCCCC1)C1CCCCC1. The summed E-state index contributed by atoms with van der Waals surface area (Å²) in [5.41, 5.74) is 2.79. The van der Waals surface area contributed by atoms with E-state index in [4.69, 9.17) is 14.3 Å². The molecule has 2 saturated carbocycles. The summed E-state index contributed by atoms with van der Waals surface area (Å²) in [6, 6.07) is 31.1. The van der Waals surface area contributed by atoms with E-state index >= 15 is 4.57 Å². The predicted molar refractivity (Wildman–Crippen MR) is 173 cm³/mol. The first kappa shape index (κ1) is 29.4. The first-order chi connectivity index (χ1) is 20.6. The molecule has 0 bridgehead atoms. The lowest BCUT2D eigenvalue weighted by molar-refractivity contribution is 0.0111. The third-order valence-electron chi connectivity index (χ3n) is 9.74. The summed E-state index contributed by atoms with van der Waals surface area (Å²) in [5, 5.41) is 0. The number of hydrogen-bond acceptors (Lipinski definition) is 4. The van der Waals surface area contributed by atoms with E-state index in [0.29, 0.717) is 18.7 Å². The van der Waals surface area contributed by atoms with Crippen LogP contribution in [0.2, 0.25) is 0 Å². The minimum atomic E-state index is -3.06. The second-order valence-corrected chi connectivity index (χ2v) is 15.7. The molecule has 3 aromatic carbocycles. The zero-order valence-electron chi connectivity index (χ0n) is 25.1. The van der Waals surface area contributed by atoms with Gasteiger partial charge in [-0.05, 0) is 55.9 Å². The molecule has 3 aliphatic rings. The number of benzene rings is 3. The summed E-state index contributed by atoms with van der Waals surface area (Å²) in [4.78, 5) is 5.33. The molecule has 0 spiro atoms. The van der Waals surface area contributed by atoms with Gasteiger partial charge in [-0.1, -0.05) is 117 Å². The van der Waals surface area contributed by atoms with Crippen LogP contribution in [0.15, 0.2) is 96.0 Å². The highest BCUT2D eigenvalue weighted by atomic mass is 31.2. The molecule has 222 valence electrons. The van der Waals surface area contributed by atoms with Crippen molar-refractivity contribution < 1.29 is 13.8 Å². The number of aliphatic imine (C=N–C) groups is 1. The Morgan fingerprint density at radius 3 is 1.64 bits per heavy atom. The van der Waals surface area contributed by atoms with Gasteiger partial charge >= 0.3 is 0 Å². The van der Waals surface area contributed by atoms with E-state index in [-0.39, 0.29) is 23.5 Å². The molecule has 2 aliphatic carbocycles. The molecule has 0 N–H and O–H groups in total. The third-order valence-corrected chi connectivity index (χ3v) is 13.5. The van der Waals surface area contributed by atoms with Gasteiger partial charge in [0.05, 0.1) is 0 Å². The Morgan fingerprint density at radius 2 is 1.17 bits per heavy atom. The molecule has 3 aromatic rings. The standard InChI is InChI=1S/C37H46NO3P/c1-29-35(38-36(40-29)32-21-11-4-12-22-32)37(27-30-17-7-2-8-18-30,28-31-19-9-3-10-20-31)41-42(39,33-23-13-5-14-24-33)34-25-15-6-16-26-34/h2-4,7-12,17-22,29,33-35H,5-6,13-16,23-28H2,1H3/t29-,35+/m1/s1. The lowest BCUT2D eigenvalue weighted by Gasteiger charge is -2.46. The van der Waals surface area contributed by atoms with Gasteiger partial charge in [0.25, 0.3) is 0 Å². The summed E-state index contributed by atoms with van der Waals surface area (Å²) in [6.45, 7) is 2.12. The van der Waals surface area contributed by atoms with Crippen molar-refractivity contribution in [3.8, 4) is 0 Å². The maximum Gasteiger partial charge on any atom is 0.216 e. The van der Waals surface area contributed by atoms with Crippen molar-refractivity contribution in [1.29, 1.82) is 0 Å². The molecule has 1 aliphatic heterocycles. The van der Waals surface area contributed by atoms with Crippen LogP contribution in [-0.2, 0) is 26.7 Å². The second kappa shape index (κ2) is 13.3. The molecular weight excluding hydrogens is 537 g/mol. The fourth-order valence-corrected chi connectivity index (χ4v) is 11.5. The van der Waals surface area contributed by atoms with E-state index in [2.05, 4.69) is 79.7 Å². The van der Waals surface area contributed by atoms with E-state index in [1.807, 2.05) is 18.2 Å². The highest BCUT2D eigenvalue weighted by Gasteiger charge is 2.54. The first-order valence-corrected chi connectivity index (χ1v) is 18.0. The van der Waals surface area contributed by atoms with Crippen molar-refractivity contribution in [2.75, 3.05) is 0 Å². The quantitative estimate of drug-likeness (QED) is 0.223. The fraction of sp³-hybridized carbons (Fsp3) is 0.486. The van der Waals surface area contributed by atoms with E-state index in [0.717, 1.165) is 56.9 Å². The molecule has 0 unspecified atom stereocenters. The largest absolute Gasteiger partial charge is 0.472 e. The molecular formula is C37H46NO3P. The van der Waals surface area contributed by atoms with Crippen LogP contribution in [0.25, 0.3) is 0 Å². The molecule has 1 heterocycles. The highest BCUT2D eigenvalue weighted by Crippen LogP contribution is 2.66. The van der Waals surface area contributed by atoms with Crippen LogP contribution in [0.3, 0.4) is 0 Å². The van der Waals surface area contributed by atoms with Gasteiger partial charge < -0.3 is 9.26 Å². The Bertz CT molecular complexity index is 1280. The minimum Gasteiger partial charge on any atom is -0.472 e. The van der Waals surface area contributed by atoms with E-state index in [1.54, 1.807) is 0 Å². The summed E-state index contributed by atoms with van der Waals surface area (Å²) < 4.78 is 30.0. The van der Waals surface area contributed by atoms with Crippen LogP contribution in [0, 0.1) is 0 Å². The van der Waals surface area contributed by atoms with Gasteiger partial charge in [0.2, 0.25) is 13.3 Å². The molecule has 0 aromatic heterocycles. The van der Waals surface area contributed by atoms with Crippen LogP contribution in [0.1, 0.15) is 87.8 Å². The summed E-state index contributed by atoms with van der Waals surface area (Å²) in [5.74, 6) is 0.660. The Labute approximate surface area is 252 Å². The maximum atomic E-state index is 15.8. The lowest BCUT2D eigenvalue weighted by Crippen LogP contribution is -2.52. The zero-order valence-corrected chi connectivity index (χ0v) is 26.0. The van der Waals surface area contributed by atoms with Crippen molar-refractivity contribution >= 4 is 13.3 Å². The molecule has 0 radical (unpaired) electrons. The molecule has 0 amide bonds. The topological polar surface area (TPSA) is 47.9 Å². The number of rotatable bonds is 10. The first-order valence-electron chi connectivity index (χ1n) is 16.2. The molecule has 4 nitrogen and oxygen atoms in total. The number of hydrogen-bond donors (Lipinski definition) is 0. The van der Waals surface area contributed by atoms with Gasteiger partial charge in [-0.25, -0.2) is 4.99 Å². The zero-order chi connectivity index (χ0) is 28.8. The van der Waals surface area contributed by atoms with Crippen molar-refractivity contribution in [3.05, 3.63) is 108 Å². The molecule has 5 heteroatoms. The average molecular weight is 584 g/mol. The van der Waals surface area contributed by atoms with Crippen LogP contribution < -0.4 is 0 Å². The molecule has 2 fully saturated rings. The minimum absolute atomic E-state index is 0.135. The molecule has 0 saturated heterocycles. The second-order valence-electron chi connectivity index (χ2n) is 12.8. The smallest absolute Gasteiger partial charge is 0.216 e. The molecule has 42 heavy (non-hydrogen) atoms. The van der Waals surface area contributed by atoms with Gasteiger partial charge in [0.15, 0.2) is 0 Å². The monoisotopic (exact) mass is 583 g/mol. The fourth-order valence-electron chi connectivity index (χ4n) is 7.66. The van der Waals surface area contributed by atoms with Crippen LogP contribution >= 0.6 is 7.37 Å². The number of nitrogens with zero attached hydrogens (tertiary/aromatic N) is 1. The summed E-state index contributed by atoms with van der Waals surface area (Å²) in [7, 11) is -3.06. The predicted octanol–water partition coefficient (Wildman–Crippen LogP) is 9.40. The van der Waals surface area contributed by atoms with Gasteiger partial charge in [-0.15, -0.1) is 0 Å². The van der Waals surface area contributed by atoms with Gasteiger partial charge in [-0.2, -0.15) is 0 Å². The highest BCUT2D eigenvalue weighted by molar-refractivity contribution is 7.60. The Hall–Kier alpha value is -2.68. The van der Waals surface area contributed by atoms with Gasteiger partial charge in [0, 0.05) is 29.7 Å². The average Bonchev–Trinajstić information content (AvgIpc) is 3.45. The number of ether oxygens (including phenoxy) is 1. The Kier molecular flexibility index (Phi) is 9.32. The summed E-state index contributed by atoms with van der Waals surface area (Å²) >= 11 is 0. The normalized spacial score (nSPS) is 22.5. The van der Waals surface area contributed by atoms with Crippen molar-refractivity contribution in [2.45, 2.75) is 113 Å². The maximum absolute atomic E-state index is 15.8.